The Morgan fingerprint density at radius 1 is 1.19 bits per heavy atom. The molecule has 31 heavy (non-hydrogen) atoms. The number of ether oxygens (including phenoxy) is 1. The van der Waals surface area contributed by atoms with Crippen LogP contribution in [0.3, 0.4) is 0 Å². The number of benzene rings is 2. The first kappa shape index (κ1) is 21.4. The highest BCUT2D eigenvalue weighted by Gasteiger charge is 2.41. The summed E-state index contributed by atoms with van der Waals surface area (Å²) in [5, 5.41) is 3.19. The Bertz CT molecular complexity index is 1130. The number of hydrogen-bond acceptors (Lipinski definition) is 5. The number of carbonyl (C=O) groups excluding carboxylic acids is 1. The van der Waals surface area contributed by atoms with E-state index in [0.717, 1.165) is 0 Å². The summed E-state index contributed by atoms with van der Waals surface area (Å²) in [7, 11) is 0. The van der Waals surface area contributed by atoms with E-state index < -0.39 is 18.0 Å². The maximum absolute atomic E-state index is 13.6. The Labute approximate surface area is 179 Å². The third-order valence-corrected chi connectivity index (χ3v) is 5.17. The van der Waals surface area contributed by atoms with Gasteiger partial charge in [-0.25, -0.2) is 14.2 Å². The largest absolute Gasteiger partial charge is 0.491 e. The Kier molecular flexibility index (Phi) is 5.76. The number of fused-ring (bicyclic) bond motifs is 1. The highest BCUT2D eigenvalue weighted by atomic mass is 35.5. The first-order chi connectivity index (χ1) is 14.7. The minimum atomic E-state index is -5.13. The normalized spacial score (nSPS) is 14.8. The number of carbonyl (C=O) groups is 1. The zero-order chi connectivity index (χ0) is 22.2. The summed E-state index contributed by atoms with van der Waals surface area (Å²) in [5.74, 6) is -2.65. The predicted octanol–water partition coefficient (Wildman–Crippen LogP) is 3.75. The summed E-state index contributed by atoms with van der Waals surface area (Å²) in [6.45, 7) is 2.92. The van der Waals surface area contributed by atoms with Gasteiger partial charge in [0, 0.05) is 26.2 Å². The maximum Gasteiger partial charge on any atom is 0.491 e. The first-order valence-corrected chi connectivity index (χ1v) is 9.79. The zero-order valence-corrected chi connectivity index (χ0v) is 16.8. The molecule has 0 unspecified atom stereocenters. The fourth-order valence-electron chi connectivity index (χ4n) is 3.43. The van der Waals surface area contributed by atoms with Crippen molar-refractivity contribution in [1.82, 2.24) is 14.9 Å². The van der Waals surface area contributed by atoms with E-state index >= 15 is 0 Å². The van der Waals surface area contributed by atoms with Gasteiger partial charge >= 0.3 is 12.1 Å². The summed E-state index contributed by atoms with van der Waals surface area (Å²) >= 11 is 5.90. The number of nitrogens with zero attached hydrogens (tertiary/aromatic N) is 3. The second-order valence-electron chi connectivity index (χ2n) is 6.99. The molecule has 0 bridgehead atoms. The van der Waals surface area contributed by atoms with Crippen LogP contribution in [0.15, 0.2) is 36.4 Å². The lowest BCUT2D eigenvalue weighted by molar-refractivity contribution is -0.189. The van der Waals surface area contributed by atoms with Crippen LogP contribution in [0.5, 0.6) is 5.75 Å². The van der Waals surface area contributed by atoms with E-state index in [9.17, 15) is 22.4 Å². The fraction of sp³-hybridized carbons (Fsp3) is 0.300. The number of hydrogen-bond donors (Lipinski definition) is 1. The molecule has 1 aliphatic rings. The molecule has 2 heterocycles. The molecule has 4 rings (SSSR count). The van der Waals surface area contributed by atoms with E-state index in [1.807, 2.05) is 4.90 Å². The van der Waals surface area contributed by atoms with Crippen molar-refractivity contribution in [3.05, 3.63) is 52.8 Å². The number of aromatic nitrogens is 2. The minimum Gasteiger partial charge on any atom is -0.417 e. The van der Waals surface area contributed by atoms with Gasteiger partial charge in [0.1, 0.15) is 11.3 Å². The average molecular weight is 457 g/mol. The Morgan fingerprint density at radius 2 is 1.94 bits per heavy atom. The van der Waals surface area contributed by atoms with E-state index in [1.165, 1.54) is 24.3 Å². The van der Waals surface area contributed by atoms with Gasteiger partial charge in [-0.05, 0) is 29.8 Å². The van der Waals surface area contributed by atoms with Gasteiger partial charge in [0.2, 0.25) is 5.95 Å². The summed E-state index contributed by atoms with van der Waals surface area (Å²) in [6.07, 6.45) is -5.13. The van der Waals surface area contributed by atoms with Crippen LogP contribution in [0.4, 0.5) is 23.5 Å². The molecule has 1 aromatic heterocycles. The van der Waals surface area contributed by atoms with Gasteiger partial charge in [-0.1, -0.05) is 23.7 Å². The monoisotopic (exact) mass is 456 g/mol. The van der Waals surface area contributed by atoms with Crippen LogP contribution in [0.2, 0.25) is 5.02 Å². The number of rotatable bonds is 4. The van der Waals surface area contributed by atoms with Crippen LogP contribution in [0.1, 0.15) is 5.56 Å². The van der Waals surface area contributed by atoms with Crippen molar-refractivity contribution in [2.75, 3.05) is 31.1 Å². The highest BCUT2D eigenvalue weighted by Crippen LogP contribution is 2.32. The molecule has 0 atom stereocenters. The van der Waals surface area contributed by atoms with Crippen molar-refractivity contribution in [2.24, 2.45) is 0 Å². The SMILES string of the molecule is O=C(Oc1cccc2c1nc(N1CCNCC1)n2Cc1ccc(F)c(Cl)c1)C(F)(F)F. The number of esters is 1. The maximum atomic E-state index is 13.6. The van der Waals surface area contributed by atoms with E-state index in [-0.39, 0.29) is 22.8 Å². The molecule has 0 spiro atoms. The molecule has 2 aromatic carbocycles. The molecule has 164 valence electrons. The molecular formula is C20H17ClF4N4O2. The first-order valence-electron chi connectivity index (χ1n) is 9.42. The van der Waals surface area contributed by atoms with Crippen LogP contribution >= 0.6 is 11.6 Å². The number of piperazine rings is 1. The van der Waals surface area contributed by atoms with Gasteiger partial charge in [0.15, 0.2) is 5.75 Å². The smallest absolute Gasteiger partial charge is 0.417 e. The van der Waals surface area contributed by atoms with Crippen LogP contribution in [0.25, 0.3) is 11.0 Å². The highest BCUT2D eigenvalue weighted by molar-refractivity contribution is 6.30. The van der Waals surface area contributed by atoms with Gasteiger partial charge in [0.05, 0.1) is 17.1 Å². The van der Waals surface area contributed by atoms with Crippen molar-refractivity contribution in [2.45, 2.75) is 12.7 Å². The fourth-order valence-corrected chi connectivity index (χ4v) is 3.63. The molecule has 11 heteroatoms. The van der Waals surface area contributed by atoms with Crippen molar-refractivity contribution < 1.29 is 27.1 Å². The lowest BCUT2D eigenvalue weighted by Crippen LogP contribution is -2.44. The molecule has 3 aromatic rings. The third kappa shape index (κ3) is 4.45. The topological polar surface area (TPSA) is 59.4 Å². The number of imidazole rings is 1. The van der Waals surface area contributed by atoms with E-state index in [2.05, 4.69) is 15.0 Å². The molecule has 0 saturated carbocycles. The number of halogens is 5. The van der Waals surface area contributed by atoms with E-state index in [4.69, 9.17) is 11.6 Å². The summed E-state index contributed by atoms with van der Waals surface area (Å²) in [6, 6.07) is 8.72. The number of para-hydroxylation sites is 1. The van der Waals surface area contributed by atoms with Crippen molar-refractivity contribution >= 4 is 34.6 Å². The molecule has 0 radical (unpaired) electrons. The Balaban J connectivity index is 1.80. The summed E-state index contributed by atoms with van der Waals surface area (Å²) in [4.78, 5) is 17.9. The minimum absolute atomic E-state index is 0.0366. The second-order valence-corrected chi connectivity index (χ2v) is 7.40. The quantitative estimate of drug-likeness (QED) is 0.368. The number of anilines is 1. The molecule has 1 fully saturated rings. The second kappa shape index (κ2) is 8.35. The van der Waals surface area contributed by atoms with Crippen LogP contribution in [0, 0.1) is 5.82 Å². The van der Waals surface area contributed by atoms with Crippen LogP contribution in [-0.4, -0.2) is 47.9 Å². The number of nitrogens with one attached hydrogen (secondary N) is 1. The lowest BCUT2D eigenvalue weighted by atomic mass is 10.2. The lowest BCUT2D eigenvalue weighted by Gasteiger charge is -2.29. The number of alkyl halides is 3. The van der Waals surface area contributed by atoms with Gasteiger partial charge < -0.3 is 19.5 Å². The van der Waals surface area contributed by atoms with Crippen LogP contribution < -0.4 is 15.0 Å². The molecule has 0 amide bonds. The van der Waals surface area contributed by atoms with Gasteiger partial charge in [-0.2, -0.15) is 13.2 Å². The van der Waals surface area contributed by atoms with Gasteiger partial charge in [-0.3, -0.25) is 0 Å². The van der Waals surface area contributed by atoms with Crippen molar-refractivity contribution in [3.8, 4) is 5.75 Å². The van der Waals surface area contributed by atoms with Crippen molar-refractivity contribution in [3.63, 3.8) is 0 Å². The molecule has 1 saturated heterocycles. The van der Waals surface area contributed by atoms with Crippen molar-refractivity contribution in [1.29, 1.82) is 0 Å². The predicted molar refractivity (Wildman–Crippen MR) is 107 cm³/mol. The molecule has 1 N–H and O–H groups in total. The average Bonchev–Trinajstić information content (AvgIpc) is 3.10. The Hall–Kier alpha value is -2.85. The van der Waals surface area contributed by atoms with Crippen LogP contribution in [-0.2, 0) is 11.3 Å². The molecule has 1 aliphatic heterocycles. The van der Waals surface area contributed by atoms with Gasteiger partial charge in [0.25, 0.3) is 0 Å². The third-order valence-electron chi connectivity index (χ3n) is 4.88. The zero-order valence-electron chi connectivity index (χ0n) is 16.0. The van der Waals surface area contributed by atoms with Gasteiger partial charge in [-0.15, -0.1) is 0 Å². The van der Waals surface area contributed by atoms with E-state index in [1.54, 1.807) is 16.7 Å². The Morgan fingerprint density at radius 3 is 2.61 bits per heavy atom. The molecule has 0 aliphatic carbocycles. The van der Waals surface area contributed by atoms with E-state index in [0.29, 0.717) is 43.2 Å². The molecular weight excluding hydrogens is 440 g/mol. The molecule has 6 nitrogen and oxygen atoms in total. The standard InChI is InChI=1S/C20H17ClF4N4O2/c21-13-10-12(4-5-14(13)22)11-29-15-2-1-3-16(31-18(30)20(23,24)25)17(15)27-19(29)28-8-6-26-7-9-28/h1-5,10,26H,6-9,11H2. The summed E-state index contributed by atoms with van der Waals surface area (Å²) < 4.78 is 58.1. The summed E-state index contributed by atoms with van der Waals surface area (Å²) in [5.41, 5.74) is 1.28.